The summed E-state index contributed by atoms with van der Waals surface area (Å²) in [4.78, 5) is 19.6. The highest BCUT2D eigenvalue weighted by molar-refractivity contribution is 7.14. The topological polar surface area (TPSA) is 67.0 Å². The van der Waals surface area contributed by atoms with Crippen molar-refractivity contribution in [3.8, 4) is 11.3 Å². The van der Waals surface area contributed by atoms with Crippen molar-refractivity contribution >= 4 is 16.5 Å². The summed E-state index contributed by atoms with van der Waals surface area (Å²) in [5.41, 5.74) is 2.04. The van der Waals surface area contributed by atoms with Crippen LogP contribution >= 0.6 is 11.3 Å². The van der Waals surface area contributed by atoms with Gasteiger partial charge in [0.25, 0.3) is 5.56 Å². The van der Waals surface area contributed by atoms with Gasteiger partial charge < -0.3 is 15.0 Å². The van der Waals surface area contributed by atoms with E-state index in [1.54, 1.807) is 7.11 Å². The highest BCUT2D eigenvalue weighted by atomic mass is 32.1. The number of aromatic amines is 1. The number of ether oxygens (including phenoxy) is 1. The number of nitrogens with one attached hydrogen (secondary N) is 2. The quantitative estimate of drug-likeness (QED) is 0.834. The number of aromatic nitrogens is 2. The SMILES string of the molecule is COCCNc1nc(-c2ccc(C(C)(C)C)[nH]c2=O)cs1. The highest BCUT2D eigenvalue weighted by Crippen LogP contribution is 2.24. The summed E-state index contributed by atoms with van der Waals surface area (Å²) < 4.78 is 4.98. The zero-order chi connectivity index (χ0) is 15.5. The molecule has 114 valence electrons. The second-order valence-corrected chi connectivity index (χ2v) is 6.68. The van der Waals surface area contributed by atoms with Gasteiger partial charge in [0.2, 0.25) is 0 Å². The van der Waals surface area contributed by atoms with Crippen LogP contribution in [0.5, 0.6) is 0 Å². The summed E-state index contributed by atoms with van der Waals surface area (Å²) in [6, 6.07) is 3.79. The first-order valence-electron chi connectivity index (χ1n) is 6.84. The van der Waals surface area contributed by atoms with E-state index in [1.807, 2.05) is 17.5 Å². The Morgan fingerprint density at radius 1 is 1.38 bits per heavy atom. The number of thiazole rings is 1. The fourth-order valence-electron chi connectivity index (χ4n) is 1.85. The monoisotopic (exact) mass is 307 g/mol. The minimum atomic E-state index is -0.101. The minimum Gasteiger partial charge on any atom is -0.383 e. The number of pyridine rings is 1. The molecule has 2 heterocycles. The summed E-state index contributed by atoms with van der Waals surface area (Å²) in [5, 5.41) is 5.84. The van der Waals surface area contributed by atoms with E-state index in [-0.39, 0.29) is 11.0 Å². The second kappa shape index (κ2) is 6.41. The van der Waals surface area contributed by atoms with E-state index in [2.05, 4.69) is 36.1 Å². The van der Waals surface area contributed by atoms with Crippen molar-refractivity contribution in [2.45, 2.75) is 26.2 Å². The van der Waals surface area contributed by atoms with E-state index in [0.717, 1.165) is 10.8 Å². The van der Waals surface area contributed by atoms with Gasteiger partial charge in [0.05, 0.1) is 17.9 Å². The maximum atomic E-state index is 12.2. The third kappa shape index (κ3) is 3.92. The Balaban J connectivity index is 2.21. The predicted molar refractivity (Wildman–Crippen MR) is 87.2 cm³/mol. The molecule has 2 rings (SSSR count). The van der Waals surface area contributed by atoms with Crippen molar-refractivity contribution in [3.63, 3.8) is 0 Å². The lowest BCUT2D eigenvalue weighted by Crippen LogP contribution is -2.20. The highest BCUT2D eigenvalue weighted by Gasteiger charge is 2.16. The standard InChI is InChI=1S/C15H21N3O2S/c1-15(2,3)12-6-5-10(13(19)18-12)11-9-21-14(17-11)16-7-8-20-4/h5-6,9H,7-8H2,1-4H3,(H,16,17)(H,18,19). The molecule has 0 atom stereocenters. The Bertz CT molecular complexity index is 655. The third-order valence-electron chi connectivity index (χ3n) is 3.08. The van der Waals surface area contributed by atoms with Crippen LogP contribution < -0.4 is 10.9 Å². The van der Waals surface area contributed by atoms with E-state index in [4.69, 9.17) is 4.74 Å². The average molecular weight is 307 g/mol. The number of hydrogen-bond donors (Lipinski definition) is 2. The van der Waals surface area contributed by atoms with Crippen LogP contribution in [0.1, 0.15) is 26.5 Å². The van der Waals surface area contributed by atoms with Crippen LogP contribution in [-0.4, -0.2) is 30.2 Å². The zero-order valence-corrected chi connectivity index (χ0v) is 13.6. The Morgan fingerprint density at radius 3 is 2.76 bits per heavy atom. The molecule has 2 aromatic rings. The Hall–Kier alpha value is -1.66. The number of H-pyrrole nitrogens is 1. The van der Waals surface area contributed by atoms with Gasteiger partial charge >= 0.3 is 0 Å². The van der Waals surface area contributed by atoms with Crippen molar-refractivity contribution in [1.29, 1.82) is 0 Å². The molecule has 0 aliphatic heterocycles. The Labute approximate surface area is 128 Å². The van der Waals surface area contributed by atoms with Crippen LogP contribution in [0, 0.1) is 0 Å². The molecule has 0 fully saturated rings. The number of methoxy groups -OCH3 is 1. The molecule has 0 aliphatic rings. The fourth-order valence-corrected chi connectivity index (χ4v) is 2.59. The normalized spacial score (nSPS) is 11.6. The van der Waals surface area contributed by atoms with Crippen LogP contribution in [0.2, 0.25) is 0 Å². The molecule has 0 unspecified atom stereocenters. The molecule has 0 saturated heterocycles. The van der Waals surface area contributed by atoms with Gasteiger partial charge in [-0.05, 0) is 12.1 Å². The van der Waals surface area contributed by atoms with Crippen molar-refractivity contribution in [2.24, 2.45) is 0 Å². The number of rotatable bonds is 5. The lowest BCUT2D eigenvalue weighted by atomic mass is 9.91. The molecule has 0 radical (unpaired) electrons. The lowest BCUT2D eigenvalue weighted by molar-refractivity contribution is 0.211. The number of anilines is 1. The van der Waals surface area contributed by atoms with E-state index < -0.39 is 0 Å². The molecular formula is C15H21N3O2S. The van der Waals surface area contributed by atoms with Crippen LogP contribution in [-0.2, 0) is 10.2 Å². The molecular weight excluding hydrogens is 286 g/mol. The van der Waals surface area contributed by atoms with Gasteiger partial charge in [0, 0.05) is 30.1 Å². The van der Waals surface area contributed by atoms with Crippen LogP contribution in [0.25, 0.3) is 11.3 Å². The fraction of sp³-hybridized carbons (Fsp3) is 0.467. The first kappa shape index (κ1) is 15.7. The van der Waals surface area contributed by atoms with Gasteiger partial charge in [-0.1, -0.05) is 20.8 Å². The summed E-state index contributed by atoms with van der Waals surface area (Å²) in [7, 11) is 1.66. The van der Waals surface area contributed by atoms with E-state index >= 15 is 0 Å². The lowest BCUT2D eigenvalue weighted by Gasteiger charge is -2.18. The molecule has 0 saturated carbocycles. The number of hydrogen-bond acceptors (Lipinski definition) is 5. The van der Waals surface area contributed by atoms with E-state index in [9.17, 15) is 4.79 Å². The van der Waals surface area contributed by atoms with Crippen molar-refractivity contribution < 1.29 is 4.74 Å². The minimum absolute atomic E-state index is 0.0768. The zero-order valence-electron chi connectivity index (χ0n) is 12.8. The largest absolute Gasteiger partial charge is 0.383 e. The maximum absolute atomic E-state index is 12.2. The molecule has 2 aromatic heterocycles. The van der Waals surface area contributed by atoms with E-state index in [0.29, 0.717) is 24.4 Å². The molecule has 2 N–H and O–H groups in total. The van der Waals surface area contributed by atoms with Gasteiger partial charge in [-0.15, -0.1) is 11.3 Å². The molecule has 0 spiro atoms. The van der Waals surface area contributed by atoms with Crippen molar-refractivity contribution in [2.75, 3.05) is 25.6 Å². The van der Waals surface area contributed by atoms with Gasteiger partial charge in [-0.25, -0.2) is 4.98 Å². The van der Waals surface area contributed by atoms with E-state index in [1.165, 1.54) is 11.3 Å². The molecule has 6 heteroatoms. The molecule has 0 amide bonds. The first-order valence-corrected chi connectivity index (χ1v) is 7.72. The Kier molecular flexibility index (Phi) is 4.80. The Morgan fingerprint density at radius 2 is 2.14 bits per heavy atom. The van der Waals surface area contributed by atoms with Crippen molar-refractivity contribution in [3.05, 3.63) is 33.6 Å². The van der Waals surface area contributed by atoms with Gasteiger partial charge in [0.15, 0.2) is 5.13 Å². The summed E-state index contributed by atoms with van der Waals surface area (Å²) in [6.45, 7) is 7.52. The van der Waals surface area contributed by atoms with Crippen LogP contribution in [0.3, 0.4) is 0 Å². The van der Waals surface area contributed by atoms with Crippen LogP contribution in [0.4, 0.5) is 5.13 Å². The third-order valence-corrected chi connectivity index (χ3v) is 3.88. The molecule has 5 nitrogen and oxygen atoms in total. The van der Waals surface area contributed by atoms with Gasteiger partial charge in [-0.2, -0.15) is 0 Å². The summed E-state index contributed by atoms with van der Waals surface area (Å²) >= 11 is 1.48. The molecule has 21 heavy (non-hydrogen) atoms. The first-order chi connectivity index (χ1) is 9.91. The van der Waals surface area contributed by atoms with Crippen molar-refractivity contribution in [1.82, 2.24) is 9.97 Å². The summed E-state index contributed by atoms with van der Waals surface area (Å²) in [6.07, 6.45) is 0. The van der Waals surface area contributed by atoms with Gasteiger partial charge in [0.1, 0.15) is 0 Å². The predicted octanol–water partition coefficient (Wildman–Crippen LogP) is 2.85. The smallest absolute Gasteiger partial charge is 0.257 e. The number of nitrogens with zero attached hydrogens (tertiary/aromatic N) is 1. The molecule has 0 bridgehead atoms. The molecule has 0 aliphatic carbocycles. The molecule has 0 aromatic carbocycles. The second-order valence-electron chi connectivity index (χ2n) is 5.82. The van der Waals surface area contributed by atoms with Gasteiger partial charge in [-0.3, -0.25) is 4.79 Å². The summed E-state index contributed by atoms with van der Waals surface area (Å²) in [5.74, 6) is 0. The average Bonchev–Trinajstić information content (AvgIpc) is 2.86. The maximum Gasteiger partial charge on any atom is 0.257 e. The van der Waals surface area contributed by atoms with Crippen LogP contribution in [0.15, 0.2) is 22.3 Å².